The highest BCUT2D eigenvalue weighted by atomic mass is 16.1. The monoisotopic (exact) mass is 342 g/mol. The number of carbonyl (C=O) groups excluding carboxylic acids is 1. The smallest absolute Gasteiger partial charge is 0.274 e. The van der Waals surface area contributed by atoms with Gasteiger partial charge in [0, 0.05) is 29.8 Å². The van der Waals surface area contributed by atoms with Crippen LogP contribution in [0.3, 0.4) is 0 Å². The topological polar surface area (TPSA) is 96.0 Å². The zero-order valence-corrected chi connectivity index (χ0v) is 14.0. The number of hydrogen-bond acceptors (Lipinski definition) is 5. The Morgan fingerprint density at radius 3 is 2.96 bits per heavy atom. The molecule has 3 heterocycles. The van der Waals surface area contributed by atoms with Crippen molar-refractivity contribution in [2.45, 2.75) is 13.5 Å². The molecule has 0 bridgehead atoms. The molecular weight excluding hydrogens is 328 g/mol. The molecule has 7 heteroatoms. The van der Waals surface area contributed by atoms with Crippen LogP contribution >= 0.6 is 0 Å². The van der Waals surface area contributed by atoms with Gasteiger partial charge < -0.3 is 5.32 Å². The number of pyridine rings is 1. The maximum Gasteiger partial charge on any atom is 0.274 e. The van der Waals surface area contributed by atoms with Crippen molar-refractivity contribution in [3.8, 4) is 6.07 Å². The Kier molecular flexibility index (Phi) is 3.78. The Labute approximate surface area is 149 Å². The second-order valence-electron chi connectivity index (χ2n) is 5.94. The van der Waals surface area contributed by atoms with Crippen molar-refractivity contribution in [1.29, 1.82) is 5.26 Å². The lowest BCUT2D eigenvalue weighted by Crippen LogP contribution is -2.16. The van der Waals surface area contributed by atoms with Gasteiger partial charge in [0.2, 0.25) is 0 Å². The van der Waals surface area contributed by atoms with Crippen molar-refractivity contribution < 1.29 is 4.79 Å². The summed E-state index contributed by atoms with van der Waals surface area (Å²) in [4.78, 5) is 25.2. The highest BCUT2D eigenvalue weighted by Crippen LogP contribution is 2.24. The number of aryl methyl sites for hydroxylation is 1. The van der Waals surface area contributed by atoms with E-state index in [0.29, 0.717) is 29.1 Å². The molecule has 0 saturated carbocycles. The summed E-state index contributed by atoms with van der Waals surface area (Å²) in [5.41, 5.74) is 4.10. The minimum absolute atomic E-state index is 0.299. The van der Waals surface area contributed by atoms with Crippen LogP contribution in [0, 0.1) is 18.3 Å². The maximum absolute atomic E-state index is 12.5. The van der Waals surface area contributed by atoms with Crippen LogP contribution in [-0.4, -0.2) is 26.3 Å². The van der Waals surface area contributed by atoms with E-state index in [9.17, 15) is 4.79 Å². The molecule has 26 heavy (non-hydrogen) atoms. The van der Waals surface area contributed by atoms with Gasteiger partial charge in [-0.3, -0.25) is 14.4 Å². The summed E-state index contributed by atoms with van der Waals surface area (Å²) < 4.78 is 1.85. The molecule has 0 aliphatic carbocycles. The first-order chi connectivity index (χ1) is 12.7. The first kappa shape index (κ1) is 15.7. The summed E-state index contributed by atoms with van der Waals surface area (Å²) in [7, 11) is 0. The van der Waals surface area contributed by atoms with Crippen LogP contribution in [0.25, 0.3) is 0 Å². The number of hydrogen-bond donors (Lipinski definition) is 1. The first-order valence-corrected chi connectivity index (χ1v) is 8.00. The fourth-order valence-corrected chi connectivity index (χ4v) is 2.91. The molecule has 4 rings (SSSR count). The van der Waals surface area contributed by atoms with E-state index in [2.05, 4.69) is 20.3 Å². The number of imidazole rings is 1. The number of rotatable bonds is 2. The predicted octanol–water partition coefficient (Wildman–Crippen LogP) is 2.52. The third kappa shape index (κ3) is 2.74. The fourth-order valence-electron chi connectivity index (χ4n) is 2.91. The van der Waals surface area contributed by atoms with Crippen LogP contribution in [-0.2, 0) is 6.54 Å². The number of benzene rings is 1. The van der Waals surface area contributed by atoms with E-state index in [0.717, 1.165) is 17.0 Å². The molecular formula is C19H14N6O. The number of nitrogens with one attached hydrogen (secondary N) is 1. The van der Waals surface area contributed by atoms with Crippen LogP contribution in [0.5, 0.6) is 0 Å². The number of amides is 1. The summed E-state index contributed by atoms with van der Waals surface area (Å²) in [5.74, 6) is 0.493. The molecule has 0 atom stereocenters. The average Bonchev–Trinajstić information content (AvgIpc) is 3.30. The van der Waals surface area contributed by atoms with Gasteiger partial charge in [-0.25, -0.2) is 9.97 Å². The largest absolute Gasteiger partial charge is 0.321 e. The lowest BCUT2D eigenvalue weighted by molar-refractivity contribution is 0.102. The molecule has 1 aliphatic rings. The summed E-state index contributed by atoms with van der Waals surface area (Å²) in [6, 6.07) is 9.37. The summed E-state index contributed by atoms with van der Waals surface area (Å²) in [6.45, 7) is 2.36. The Morgan fingerprint density at radius 2 is 2.23 bits per heavy atom. The predicted molar refractivity (Wildman–Crippen MR) is 96.0 cm³/mol. The molecule has 0 fully saturated rings. The molecule has 1 aliphatic heterocycles. The summed E-state index contributed by atoms with van der Waals surface area (Å²) in [6.07, 6.45) is 6.63. The van der Waals surface area contributed by atoms with Gasteiger partial charge in [-0.1, -0.05) is 6.07 Å². The van der Waals surface area contributed by atoms with Gasteiger partial charge in [-0.15, -0.1) is 0 Å². The quantitative estimate of drug-likeness (QED) is 0.774. The fraction of sp³-hybridized carbons (Fsp3) is 0.105. The number of nitrogens with zero attached hydrogens (tertiary/aromatic N) is 5. The van der Waals surface area contributed by atoms with Gasteiger partial charge >= 0.3 is 0 Å². The molecule has 7 nitrogen and oxygen atoms in total. The number of aromatic nitrogens is 3. The van der Waals surface area contributed by atoms with Gasteiger partial charge in [0.05, 0.1) is 12.1 Å². The van der Waals surface area contributed by atoms with E-state index in [4.69, 9.17) is 5.26 Å². The molecule has 1 amide bonds. The molecule has 0 spiro atoms. The third-order valence-corrected chi connectivity index (χ3v) is 4.18. The molecule has 1 aromatic carbocycles. The van der Waals surface area contributed by atoms with E-state index in [1.807, 2.05) is 35.0 Å². The van der Waals surface area contributed by atoms with E-state index in [1.165, 1.54) is 6.20 Å². The van der Waals surface area contributed by atoms with Crippen molar-refractivity contribution in [2.75, 3.05) is 5.32 Å². The van der Waals surface area contributed by atoms with Gasteiger partial charge in [0.15, 0.2) is 0 Å². The van der Waals surface area contributed by atoms with Gasteiger partial charge in [-0.2, -0.15) is 5.26 Å². The van der Waals surface area contributed by atoms with Crippen LogP contribution < -0.4 is 5.32 Å². The lowest BCUT2D eigenvalue weighted by atomic mass is 10.1. The second kappa shape index (κ2) is 6.26. The van der Waals surface area contributed by atoms with Crippen molar-refractivity contribution in [1.82, 2.24) is 14.5 Å². The van der Waals surface area contributed by atoms with Crippen molar-refractivity contribution in [3.63, 3.8) is 0 Å². The van der Waals surface area contributed by atoms with Gasteiger partial charge in [-0.05, 0) is 36.2 Å². The molecule has 126 valence electrons. The van der Waals surface area contributed by atoms with E-state index in [-0.39, 0.29) is 5.91 Å². The number of fused-ring (bicyclic) bond motifs is 1. The minimum atomic E-state index is -0.314. The van der Waals surface area contributed by atoms with Crippen LogP contribution in [0.15, 0.2) is 54.2 Å². The SMILES string of the molecule is Cc1cc(C#N)cnc1C(=O)Nc1ccc2c(c1)C(n1ccnc1)=NC2. The highest BCUT2D eigenvalue weighted by molar-refractivity contribution is 6.07. The van der Waals surface area contributed by atoms with Crippen LogP contribution in [0.1, 0.15) is 32.7 Å². The van der Waals surface area contributed by atoms with E-state index < -0.39 is 0 Å². The Morgan fingerprint density at radius 1 is 1.35 bits per heavy atom. The number of carbonyl (C=O) groups is 1. The molecule has 1 N–H and O–H groups in total. The van der Waals surface area contributed by atoms with Crippen molar-refractivity contribution in [2.24, 2.45) is 4.99 Å². The Bertz CT molecular complexity index is 1080. The summed E-state index contributed by atoms with van der Waals surface area (Å²) in [5, 5.41) is 11.8. The van der Waals surface area contributed by atoms with E-state index >= 15 is 0 Å². The van der Waals surface area contributed by atoms with Crippen molar-refractivity contribution in [3.05, 3.63) is 77.1 Å². The molecule has 3 aromatic rings. The highest BCUT2D eigenvalue weighted by Gasteiger charge is 2.19. The number of aliphatic imine (C=N–C) groups is 1. The molecule has 0 unspecified atom stereocenters. The normalized spacial score (nSPS) is 12.2. The molecule has 0 radical (unpaired) electrons. The number of anilines is 1. The van der Waals surface area contributed by atoms with Crippen LogP contribution in [0.2, 0.25) is 0 Å². The zero-order chi connectivity index (χ0) is 18.1. The van der Waals surface area contributed by atoms with Crippen molar-refractivity contribution >= 4 is 17.4 Å². The second-order valence-corrected chi connectivity index (χ2v) is 5.94. The summed E-state index contributed by atoms with van der Waals surface area (Å²) >= 11 is 0. The van der Waals surface area contributed by atoms with E-state index in [1.54, 1.807) is 25.5 Å². The zero-order valence-electron chi connectivity index (χ0n) is 14.0. The average molecular weight is 342 g/mol. The van der Waals surface area contributed by atoms with Crippen LogP contribution in [0.4, 0.5) is 5.69 Å². The molecule has 0 saturated heterocycles. The van der Waals surface area contributed by atoms with Gasteiger partial charge in [0.1, 0.15) is 23.9 Å². The number of nitriles is 1. The first-order valence-electron chi connectivity index (χ1n) is 8.00. The Hall–Kier alpha value is -3.79. The third-order valence-electron chi connectivity index (χ3n) is 4.18. The maximum atomic E-state index is 12.5. The van der Waals surface area contributed by atoms with Gasteiger partial charge in [0.25, 0.3) is 5.91 Å². The minimum Gasteiger partial charge on any atom is -0.321 e. The standard InChI is InChI=1S/C19H14N6O/c1-12-6-13(8-20)9-22-17(12)19(26)24-15-3-2-14-10-23-18(16(14)7-15)25-5-4-21-11-25/h2-7,9,11H,10H2,1H3,(H,24,26). The Balaban J connectivity index is 1.61. The lowest BCUT2D eigenvalue weighted by Gasteiger charge is -2.10. The molecule has 2 aromatic heterocycles.